The average Bonchev–Trinajstić information content (AvgIpc) is 2.47. The molecular weight excluding hydrogens is 270 g/mol. The van der Waals surface area contributed by atoms with Crippen molar-refractivity contribution in [1.29, 1.82) is 0 Å². The molecule has 0 spiro atoms. The van der Waals surface area contributed by atoms with Gasteiger partial charge in [-0.2, -0.15) is 0 Å². The van der Waals surface area contributed by atoms with Crippen LogP contribution >= 0.6 is 12.2 Å². The predicted octanol–water partition coefficient (Wildman–Crippen LogP) is 1.01. The summed E-state index contributed by atoms with van der Waals surface area (Å²) in [4.78, 5) is 5.30. The summed E-state index contributed by atoms with van der Waals surface area (Å²) in [5.41, 5.74) is 7.05. The molecule has 2 rings (SSSR count). The van der Waals surface area contributed by atoms with Gasteiger partial charge in [0.05, 0.1) is 11.6 Å². The van der Waals surface area contributed by atoms with Gasteiger partial charge in [-0.05, 0) is 5.56 Å². The Hall–Kier alpha value is -1.01. The molecule has 1 saturated heterocycles. The first-order valence-electron chi connectivity index (χ1n) is 7.11. The second-order valence-corrected chi connectivity index (χ2v) is 5.72. The molecule has 0 radical (unpaired) electrons. The van der Waals surface area contributed by atoms with E-state index in [1.807, 2.05) is 6.07 Å². The van der Waals surface area contributed by atoms with Crippen LogP contribution in [-0.2, 0) is 0 Å². The van der Waals surface area contributed by atoms with Gasteiger partial charge in [0.1, 0.15) is 0 Å². The number of rotatable bonds is 6. The highest BCUT2D eigenvalue weighted by atomic mass is 32.1. The van der Waals surface area contributed by atoms with Crippen molar-refractivity contribution in [1.82, 2.24) is 9.80 Å². The Bertz CT molecular complexity index is 418. The van der Waals surface area contributed by atoms with E-state index >= 15 is 0 Å². The molecular formula is C15H23N3OS. The lowest BCUT2D eigenvalue weighted by molar-refractivity contribution is 0.0854. The summed E-state index contributed by atoms with van der Waals surface area (Å²) < 4.78 is 0. The summed E-state index contributed by atoms with van der Waals surface area (Å²) >= 11 is 5.11. The third kappa shape index (κ3) is 4.24. The van der Waals surface area contributed by atoms with Gasteiger partial charge in [0.15, 0.2) is 0 Å². The lowest BCUT2D eigenvalue weighted by Gasteiger charge is -2.39. The first-order valence-corrected chi connectivity index (χ1v) is 7.52. The topological polar surface area (TPSA) is 52.7 Å². The molecule has 0 aromatic heterocycles. The third-order valence-corrected chi connectivity index (χ3v) is 4.01. The van der Waals surface area contributed by atoms with Crippen LogP contribution in [0.4, 0.5) is 0 Å². The molecule has 1 aromatic carbocycles. The lowest BCUT2D eigenvalue weighted by atomic mass is 10.0. The molecule has 1 atom stereocenters. The maximum absolute atomic E-state index is 9.00. The van der Waals surface area contributed by atoms with Crippen molar-refractivity contribution in [3.63, 3.8) is 0 Å². The minimum absolute atomic E-state index is 0.231. The number of benzene rings is 1. The van der Waals surface area contributed by atoms with E-state index in [1.54, 1.807) is 0 Å². The number of piperazine rings is 1. The van der Waals surface area contributed by atoms with Gasteiger partial charge in [0.25, 0.3) is 0 Å². The summed E-state index contributed by atoms with van der Waals surface area (Å²) in [6.07, 6.45) is 0.722. The summed E-state index contributed by atoms with van der Waals surface area (Å²) in [6.45, 7) is 4.95. The molecule has 5 heteroatoms. The lowest BCUT2D eigenvalue weighted by Crippen LogP contribution is -2.48. The van der Waals surface area contributed by atoms with Gasteiger partial charge in [-0.1, -0.05) is 42.5 Å². The van der Waals surface area contributed by atoms with Gasteiger partial charge in [-0.3, -0.25) is 9.80 Å². The normalized spacial score (nSPS) is 18.9. The molecule has 0 aliphatic carbocycles. The number of thiocarbonyl (C=S) groups is 1. The van der Waals surface area contributed by atoms with E-state index in [4.69, 9.17) is 23.1 Å². The number of nitrogens with two attached hydrogens (primary N) is 1. The zero-order valence-corrected chi connectivity index (χ0v) is 12.6. The molecule has 110 valence electrons. The number of hydrogen-bond acceptors (Lipinski definition) is 4. The van der Waals surface area contributed by atoms with Crippen molar-refractivity contribution in [3.05, 3.63) is 35.9 Å². The summed E-state index contributed by atoms with van der Waals surface area (Å²) in [6, 6.07) is 10.7. The minimum atomic E-state index is 0.231. The number of aliphatic hydroxyl groups excluding tert-OH is 1. The van der Waals surface area contributed by atoms with Crippen LogP contribution in [0, 0.1) is 0 Å². The molecule has 20 heavy (non-hydrogen) atoms. The Labute approximate surface area is 126 Å². The van der Waals surface area contributed by atoms with Crippen molar-refractivity contribution in [2.45, 2.75) is 12.5 Å². The van der Waals surface area contributed by atoms with Gasteiger partial charge in [0, 0.05) is 45.2 Å². The van der Waals surface area contributed by atoms with Gasteiger partial charge in [-0.25, -0.2) is 0 Å². The molecule has 0 bridgehead atoms. The van der Waals surface area contributed by atoms with E-state index in [-0.39, 0.29) is 12.6 Å². The molecule has 3 N–H and O–H groups in total. The largest absolute Gasteiger partial charge is 0.395 e. The van der Waals surface area contributed by atoms with Gasteiger partial charge < -0.3 is 10.8 Å². The van der Waals surface area contributed by atoms with Crippen LogP contribution in [0.1, 0.15) is 18.0 Å². The van der Waals surface area contributed by atoms with Crippen LogP contribution in [0.25, 0.3) is 0 Å². The predicted molar refractivity (Wildman–Crippen MR) is 85.7 cm³/mol. The Morgan fingerprint density at radius 1 is 1.20 bits per heavy atom. The highest BCUT2D eigenvalue weighted by molar-refractivity contribution is 7.80. The van der Waals surface area contributed by atoms with E-state index in [2.05, 4.69) is 34.1 Å². The molecule has 0 amide bonds. The average molecular weight is 293 g/mol. The van der Waals surface area contributed by atoms with Crippen LogP contribution < -0.4 is 5.73 Å². The van der Waals surface area contributed by atoms with Gasteiger partial charge in [0.2, 0.25) is 0 Å². The Morgan fingerprint density at radius 3 is 2.40 bits per heavy atom. The van der Waals surface area contributed by atoms with Crippen LogP contribution in [-0.4, -0.2) is 59.2 Å². The molecule has 1 aromatic rings. The summed E-state index contributed by atoms with van der Waals surface area (Å²) in [5.74, 6) is 0. The first-order chi connectivity index (χ1) is 9.70. The molecule has 1 unspecified atom stereocenters. The summed E-state index contributed by atoms with van der Waals surface area (Å²) in [5, 5.41) is 9.00. The van der Waals surface area contributed by atoms with Crippen LogP contribution in [0.5, 0.6) is 0 Å². The Kier molecular flexibility index (Phi) is 5.91. The first kappa shape index (κ1) is 15.4. The van der Waals surface area contributed by atoms with E-state index in [1.165, 1.54) is 5.56 Å². The van der Waals surface area contributed by atoms with E-state index in [0.29, 0.717) is 4.99 Å². The fraction of sp³-hybridized carbons (Fsp3) is 0.533. The number of aliphatic hydroxyl groups is 1. The second kappa shape index (κ2) is 7.69. The maximum Gasteiger partial charge on any atom is 0.0746 e. The monoisotopic (exact) mass is 293 g/mol. The zero-order chi connectivity index (χ0) is 14.4. The van der Waals surface area contributed by atoms with Crippen LogP contribution in [0.3, 0.4) is 0 Å². The van der Waals surface area contributed by atoms with E-state index < -0.39 is 0 Å². The van der Waals surface area contributed by atoms with Gasteiger partial charge in [-0.15, -0.1) is 0 Å². The SMILES string of the molecule is NC(=S)CC(c1ccccc1)N1CCN(CCO)CC1. The minimum Gasteiger partial charge on any atom is -0.395 e. The molecule has 1 heterocycles. The fourth-order valence-corrected chi connectivity index (χ4v) is 2.92. The van der Waals surface area contributed by atoms with Crippen molar-refractivity contribution >= 4 is 17.2 Å². The Balaban J connectivity index is 2.03. The van der Waals surface area contributed by atoms with Crippen molar-refractivity contribution in [3.8, 4) is 0 Å². The standard InChI is InChI=1S/C15H23N3OS/c16-15(20)12-14(13-4-2-1-3-5-13)18-8-6-17(7-9-18)10-11-19/h1-5,14,19H,6-12H2,(H2,16,20). The third-order valence-electron chi connectivity index (χ3n) is 3.84. The number of nitrogens with zero attached hydrogens (tertiary/aromatic N) is 2. The molecule has 0 saturated carbocycles. The van der Waals surface area contributed by atoms with Crippen LogP contribution in [0.2, 0.25) is 0 Å². The number of β-amino-alcohol motifs (C(OH)–C–C–N with tert-alkyl or cyclic N) is 1. The fourth-order valence-electron chi connectivity index (χ4n) is 2.76. The highest BCUT2D eigenvalue weighted by Gasteiger charge is 2.25. The maximum atomic E-state index is 9.00. The van der Waals surface area contributed by atoms with Gasteiger partial charge >= 0.3 is 0 Å². The van der Waals surface area contributed by atoms with Crippen LogP contribution in [0.15, 0.2) is 30.3 Å². The highest BCUT2D eigenvalue weighted by Crippen LogP contribution is 2.25. The van der Waals surface area contributed by atoms with Crippen molar-refractivity contribution < 1.29 is 5.11 Å². The number of hydrogen-bond donors (Lipinski definition) is 2. The van der Waals surface area contributed by atoms with Crippen molar-refractivity contribution in [2.75, 3.05) is 39.3 Å². The molecule has 4 nitrogen and oxygen atoms in total. The smallest absolute Gasteiger partial charge is 0.0746 e. The molecule has 1 fully saturated rings. The molecule has 1 aliphatic heterocycles. The summed E-state index contributed by atoms with van der Waals surface area (Å²) in [7, 11) is 0. The van der Waals surface area contributed by atoms with E-state index in [9.17, 15) is 0 Å². The quantitative estimate of drug-likeness (QED) is 0.767. The van der Waals surface area contributed by atoms with Crippen molar-refractivity contribution in [2.24, 2.45) is 5.73 Å². The zero-order valence-electron chi connectivity index (χ0n) is 11.7. The van der Waals surface area contributed by atoms with E-state index in [0.717, 1.165) is 39.1 Å². The molecule has 1 aliphatic rings. The Morgan fingerprint density at radius 2 is 1.85 bits per heavy atom. The second-order valence-electron chi connectivity index (χ2n) is 5.20.